The average Bonchev–Trinajstić information content (AvgIpc) is 2.42. The Bertz CT molecular complexity index is 422. The molecule has 1 aliphatic rings. The van der Waals surface area contributed by atoms with Gasteiger partial charge in [0.25, 0.3) is 0 Å². The summed E-state index contributed by atoms with van der Waals surface area (Å²) in [6, 6.07) is 3.22. The van der Waals surface area contributed by atoms with Gasteiger partial charge >= 0.3 is 0 Å². The molecule has 0 amide bonds. The molecule has 112 valence electrons. The average molecular weight is 296 g/mol. The summed E-state index contributed by atoms with van der Waals surface area (Å²) in [5, 5.41) is 4.47. The van der Waals surface area contributed by atoms with E-state index in [1.54, 1.807) is 6.20 Å². The number of nitrogens with zero attached hydrogens (tertiary/aromatic N) is 2. The largest absolute Gasteiger partial charge is 0.311 e. The highest BCUT2D eigenvalue weighted by Gasteiger charge is 2.29. The predicted octanol–water partition coefficient (Wildman–Crippen LogP) is 3.33. The van der Waals surface area contributed by atoms with Gasteiger partial charge in [0.05, 0.1) is 5.02 Å². The van der Waals surface area contributed by atoms with E-state index in [0.717, 1.165) is 24.7 Å². The molecule has 4 heteroatoms. The number of rotatable bonds is 5. The molecule has 0 spiro atoms. The Labute approximate surface area is 127 Å². The zero-order valence-corrected chi connectivity index (χ0v) is 13.5. The zero-order chi connectivity index (χ0) is 14.5. The second kappa shape index (κ2) is 7.39. The van der Waals surface area contributed by atoms with Crippen molar-refractivity contribution in [1.82, 2.24) is 15.2 Å². The van der Waals surface area contributed by atoms with Crippen LogP contribution in [0.3, 0.4) is 0 Å². The molecule has 1 aromatic rings. The maximum Gasteiger partial charge on any atom is 0.0634 e. The van der Waals surface area contributed by atoms with E-state index in [9.17, 15) is 0 Å². The first-order chi connectivity index (χ1) is 9.61. The number of halogens is 1. The lowest BCUT2D eigenvalue weighted by Gasteiger charge is -2.42. The molecule has 0 aliphatic carbocycles. The zero-order valence-electron chi connectivity index (χ0n) is 12.8. The first kappa shape index (κ1) is 15.7. The molecule has 0 bridgehead atoms. The highest BCUT2D eigenvalue weighted by molar-refractivity contribution is 6.31. The highest BCUT2D eigenvalue weighted by Crippen LogP contribution is 2.22. The smallest absolute Gasteiger partial charge is 0.0634 e. The van der Waals surface area contributed by atoms with E-state index in [1.165, 1.54) is 18.4 Å². The maximum absolute atomic E-state index is 6.26. The van der Waals surface area contributed by atoms with Gasteiger partial charge in [-0.05, 0) is 24.0 Å². The van der Waals surface area contributed by atoms with Crippen molar-refractivity contribution in [1.29, 1.82) is 0 Å². The van der Waals surface area contributed by atoms with Crippen LogP contribution in [-0.4, -0.2) is 35.1 Å². The van der Waals surface area contributed by atoms with Crippen molar-refractivity contribution in [2.75, 3.05) is 13.1 Å². The van der Waals surface area contributed by atoms with Gasteiger partial charge in [0.1, 0.15) is 0 Å². The van der Waals surface area contributed by atoms with E-state index in [4.69, 9.17) is 11.6 Å². The third kappa shape index (κ3) is 3.94. The van der Waals surface area contributed by atoms with E-state index in [1.807, 2.05) is 12.3 Å². The molecule has 1 aliphatic heterocycles. The summed E-state index contributed by atoms with van der Waals surface area (Å²) in [7, 11) is 0. The molecular formula is C16H26ClN3. The monoisotopic (exact) mass is 295 g/mol. The van der Waals surface area contributed by atoms with E-state index >= 15 is 0 Å². The van der Waals surface area contributed by atoms with Crippen LogP contribution in [0.15, 0.2) is 18.5 Å². The Morgan fingerprint density at radius 3 is 2.95 bits per heavy atom. The molecule has 2 atom stereocenters. The number of pyridine rings is 1. The standard InChI is InChI=1S/C16H26ClN3/c1-4-5-14-11-20(16(9-19-14)12(2)3)10-13-6-7-18-8-15(13)17/h6-8,12,14,16,19H,4-5,9-11H2,1-3H3. The quantitative estimate of drug-likeness (QED) is 0.903. The third-order valence-electron chi connectivity index (χ3n) is 4.18. The van der Waals surface area contributed by atoms with Crippen LogP contribution >= 0.6 is 11.6 Å². The maximum atomic E-state index is 6.26. The Balaban J connectivity index is 2.09. The van der Waals surface area contributed by atoms with Gasteiger partial charge in [-0.15, -0.1) is 0 Å². The van der Waals surface area contributed by atoms with Gasteiger partial charge in [-0.3, -0.25) is 9.88 Å². The molecule has 1 N–H and O–H groups in total. The minimum absolute atomic E-state index is 0.576. The van der Waals surface area contributed by atoms with Gasteiger partial charge in [-0.1, -0.05) is 38.8 Å². The Hall–Kier alpha value is -0.640. The van der Waals surface area contributed by atoms with Gasteiger partial charge in [0, 0.05) is 44.1 Å². The lowest BCUT2D eigenvalue weighted by Crippen LogP contribution is -2.57. The molecule has 3 nitrogen and oxygen atoms in total. The molecule has 0 aromatic carbocycles. The summed E-state index contributed by atoms with van der Waals surface area (Å²) in [6.07, 6.45) is 6.05. The summed E-state index contributed by atoms with van der Waals surface area (Å²) in [5.41, 5.74) is 1.18. The third-order valence-corrected chi connectivity index (χ3v) is 4.52. The second-order valence-electron chi connectivity index (χ2n) is 6.10. The van der Waals surface area contributed by atoms with Crippen LogP contribution in [0.25, 0.3) is 0 Å². The second-order valence-corrected chi connectivity index (χ2v) is 6.51. The van der Waals surface area contributed by atoms with E-state index in [-0.39, 0.29) is 0 Å². The molecule has 0 radical (unpaired) electrons. The van der Waals surface area contributed by atoms with Gasteiger partial charge in [-0.25, -0.2) is 0 Å². The minimum atomic E-state index is 0.576. The van der Waals surface area contributed by atoms with Crippen molar-refractivity contribution in [2.45, 2.75) is 52.2 Å². The Morgan fingerprint density at radius 2 is 2.30 bits per heavy atom. The topological polar surface area (TPSA) is 28.2 Å². The van der Waals surface area contributed by atoms with Crippen molar-refractivity contribution < 1.29 is 0 Å². The van der Waals surface area contributed by atoms with Crippen molar-refractivity contribution in [2.24, 2.45) is 5.92 Å². The Morgan fingerprint density at radius 1 is 1.50 bits per heavy atom. The van der Waals surface area contributed by atoms with E-state index in [2.05, 4.69) is 36.0 Å². The van der Waals surface area contributed by atoms with Crippen LogP contribution in [0, 0.1) is 5.92 Å². The summed E-state index contributed by atoms with van der Waals surface area (Å²) in [4.78, 5) is 6.66. The number of hydrogen-bond acceptors (Lipinski definition) is 3. The van der Waals surface area contributed by atoms with Crippen LogP contribution in [0.4, 0.5) is 0 Å². The molecule has 2 rings (SSSR count). The lowest BCUT2D eigenvalue weighted by atomic mass is 9.96. The summed E-state index contributed by atoms with van der Waals surface area (Å²) in [6.45, 7) is 9.95. The van der Waals surface area contributed by atoms with E-state index < -0.39 is 0 Å². The van der Waals surface area contributed by atoms with Gasteiger partial charge in [0.15, 0.2) is 0 Å². The van der Waals surface area contributed by atoms with Crippen molar-refractivity contribution in [3.8, 4) is 0 Å². The highest BCUT2D eigenvalue weighted by atomic mass is 35.5. The molecule has 2 unspecified atom stereocenters. The molecule has 20 heavy (non-hydrogen) atoms. The first-order valence-electron chi connectivity index (χ1n) is 7.67. The van der Waals surface area contributed by atoms with Crippen LogP contribution in [0.5, 0.6) is 0 Å². The molecular weight excluding hydrogens is 270 g/mol. The fourth-order valence-corrected chi connectivity index (χ4v) is 3.21. The SMILES string of the molecule is CCCC1CN(Cc2ccncc2Cl)C(C(C)C)CN1. The van der Waals surface area contributed by atoms with Gasteiger partial charge in [0.2, 0.25) is 0 Å². The van der Waals surface area contributed by atoms with Crippen LogP contribution in [-0.2, 0) is 6.54 Å². The molecule has 1 saturated heterocycles. The summed E-state index contributed by atoms with van der Waals surface area (Å²) >= 11 is 6.26. The number of hydrogen-bond donors (Lipinski definition) is 1. The molecule has 0 saturated carbocycles. The minimum Gasteiger partial charge on any atom is -0.311 e. The fourth-order valence-electron chi connectivity index (χ4n) is 3.03. The van der Waals surface area contributed by atoms with Crippen molar-refractivity contribution in [3.63, 3.8) is 0 Å². The van der Waals surface area contributed by atoms with Crippen LogP contribution < -0.4 is 5.32 Å². The molecule has 2 heterocycles. The first-order valence-corrected chi connectivity index (χ1v) is 8.05. The molecule has 1 fully saturated rings. The molecule has 1 aromatic heterocycles. The predicted molar refractivity (Wildman–Crippen MR) is 85.0 cm³/mol. The number of aromatic nitrogens is 1. The van der Waals surface area contributed by atoms with Gasteiger partial charge < -0.3 is 5.32 Å². The fraction of sp³-hybridized carbons (Fsp3) is 0.688. The Kier molecular flexibility index (Phi) is 5.82. The van der Waals surface area contributed by atoms with Crippen molar-refractivity contribution in [3.05, 3.63) is 29.0 Å². The van der Waals surface area contributed by atoms with Crippen LogP contribution in [0.1, 0.15) is 39.2 Å². The summed E-state index contributed by atoms with van der Waals surface area (Å²) < 4.78 is 0. The van der Waals surface area contributed by atoms with Crippen molar-refractivity contribution >= 4 is 11.6 Å². The number of nitrogens with one attached hydrogen (secondary N) is 1. The lowest BCUT2D eigenvalue weighted by molar-refractivity contribution is 0.0885. The number of piperazine rings is 1. The van der Waals surface area contributed by atoms with Gasteiger partial charge in [-0.2, -0.15) is 0 Å². The normalized spacial score (nSPS) is 24.2. The van der Waals surface area contributed by atoms with Crippen LogP contribution in [0.2, 0.25) is 5.02 Å². The summed E-state index contributed by atoms with van der Waals surface area (Å²) in [5.74, 6) is 0.644. The van der Waals surface area contributed by atoms with E-state index in [0.29, 0.717) is 18.0 Å².